The maximum Gasteiger partial charge on any atom is 0.118 e. The second-order valence-electron chi connectivity index (χ2n) is 3.07. The molecule has 1 atom stereocenters. The van der Waals surface area contributed by atoms with E-state index in [2.05, 4.69) is 5.32 Å². The first kappa shape index (κ1) is 10.0. The lowest BCUT2D eigenvalue weighted by Crippen LogP contribution is -2.19. The lowest BCUT2D eigenvalue weighted by Gasteiger charge is -2.14. The third-order valence-electron chi connectivity index (χ3n) is 2.15. The second kappa shape index (κ2) is 4.25. The zero-order valence-electron chi connectivity index (χ0n) is 7.91. The van der Waals surface area contributed by atoms with E-state index in [0.717, 1.165) is 11.1 Å². The third kappa shape index (κ3) is 2.20. The first-order chi connectivity index (χ1) is 6.19. The molecule has 0 aliphatic rings. The van der Waals surface area contributed by atoms with Crippen molar-refractivity contribution < 1.29 is 10.2 Å². The Balaban J connectivity index is 2.95. The zero-order chi connectivity index (χ0) is 9.84. The van der Waals surface area contributed by atoms with E-state index in [4.69, 9.17) is 5.11 Å². The Labute approximate surface area is 78.0 Å². The van der Waals surface area contributed by atoms with Crippen LogP contribution in [0.4, 0.5) is 0 Å². The highest BCUT2D eigenvalue weighted by molar-refractivity contribution is 5.36. The average molecular weight is 181 g/mol. The summed E-state index contributed by atoms with van der Waals surface area (Å²) in [5.41, 5.74) is 1.81. The number of phenolic OH excluding ortho intramolecular Hbond substituents is 1. The molecule has 13 heavy (non-hydrogen) atoms. The molecule has 0 saturated heterocycles. The molecule has 3 N–H and O–H groups in total. The summed E-state index contributed by atoms with van der Waals surface area (Å²) in [4.78, 5) is 0. The Morgan fingerprint density at radius 2 is 2.15 bits per heavy atom. The fourth-order valence-electron chi connectivity index (χ4n) is 1.26. The average Bonchev–Trinajstić information content (AvgIpc) is 2.13. The molecule has 0 saturated carbocycles. The lowest BCUT2D eigenvalue weighted by molar-refractivity contribution is 0.251. The molecule has 1 rings (SSSR count). The van der Waals surface area contributed by atoms with E-state index < -0.39 is 0 Å². The van der Waals surface area contributed by atoms with E-state index in [1.165, 1.54) is 0 Å². The number of aryl methyl sites for hydroxylation is 1. The lowest BCUT2D eigenvalue weighted by atomic mass is 10.0. The minimum Gasteiger partial charge on any atom is -0.508 e. The number of benzene rings is 1. The maximum atomic E-state index is 9.29. The molecule has 72 valence electrons. The summed E-state index contributed by atoms with van der Waals surface area (Å²) in [5.74, 6) is 0.288. The molecule has 0 heterocycles. The number of nitrogens with one attached hydrogen (secondary N) is 1. The van der Waals surface area contributed by atoms with Gasteiger partial charge in [-0.05, 0) is 31.2 Å². The summed E-state index contributed by atoms with van der Waals surface area (Å²) >= 11 is 0. The van der Waals surface area contributed by atoms with Gasteiger partial charge >= 0.3 is 0 Å². The van der Waals surface area contributed by atoms with E-state index in [1.54, 1.807) is 19.2 Å². The van der Waals surface area contributed by atoms with Crippen LogP contribution in [0.15, 0.2) is 18.2 Å². The van der Waals surface area contributed by atoms with Crippen molar-refractivity contribution in [3.05, 3.63) is 29.3 Å². The van der Waals surface area contributed by atoms with Gasteiger partial charge in [-0.2, -0.15) is 0 Å². The molecule has 1 aromatic rings. The first-order valence-electron chi connectivity index (χ1n) is 4.26. The van der Waals surface area contributed by atoms with Crippen LogP contribution in [-0.2, 0) is 0 Å². The fourth-order valence-corrected chi connectivity index (χ4v) is 1.26. The van der Waals surface area contributed by atoms with Crippen LogP contribution in [0.5, 0.6) is 5.75 Å². The van der Waals surface area contributed by atoms with Gasteiger partial charge in [0.25, 0.3) is 0 Å². The normalized spacial score (nSPS) is 12.8. The number of hydrogen-bond acceptors (Lipinski definition) is 3. The largest absolute Gasteiger partial charge is 0.508 e. The summed E-state index contributed by atoms with van der Waals surface area (Å²) in [6, 6.07) is 5.26. The molecule has 0 aliphatic heterocycles. The molecule has 0 bridgehead atoms. The van der Waals surface area contributed by atoms with Gasteiger partial charge in [-0.1, -0.05) is 12.1 Å². The molecule has 0 radical (unpaired) electrons. The van der Waals surface area contributed by atoms with Gasteiger partial charge in [0.2, 0.25) is 0 Å². The molecule has 1 aromatic carbocycles. The van der Waals surface area contributed by atoms with Crippen LogP contribution in [0.25, 0.3) is 0 Å². The number of rotatable bonds is 3. The van der Waals surface area contributed by atoms with Gasteiger partial charge in [0, 0.05) is 0 Å². The van der Waals surface area contributed by atoms with E-state index in [9.17, 15) is 5.11 Å². The quantitative estimate of drug-likeness (QED) is 0.651. The van der Waals surface area contributed by atoms with E-state index in [-0.39, 0.29) is 18.4 Å². The van der Waals surface area contributed by atoms with E-state index in [1.807, 2.05) is 13.0 Å². The predicted octanol–water partition coefficient (Wildman–Crippen LogP) is 0.953. The van der Waals surface area contributed by atoms with Crippen LogP contribution in [-0.4, -0.2) is 23.9 Å². The summed E-state index contributed by atoms with van der Waals surface area (Å²) < 4.78 is 0. The van der Waals surface area contributed by atoms with Crippen LogP contribution in [0.2, 0.25) is 0 Å². The monoisotopic (exact) mass is 181 g/mol. The zero-order valence-corrected chi connectivity index (χ0v) is 7.91. The number of aromatic hydroxyl groups is 1. The van der Waals surface area contributed by atoms with Crippen LogP contribution in [0, 0.1) is 6.92 Å². The molecule has 0 aliphatic carbocycles. The van der Waals surface area contributed by atoms with Crippen LogP contribution in [0.1, 0.15) is 17.2 Å². The SMILES string of the molecule is CN[C@H](CO)c1ccc(O)c(C)c1. The molecule has 0 unspecified atom stereocenters. The number of aliphatic hydroxyl groups excluding tert-OH is 1. The summed E-state index contributed by atoms with van der Waals surface area (Å²) in [5, 5.41) is 21.3. The van der Waals surface area contributed by atoms with Crippen molar-refractivity contribution in [1.82, 2.24) is 5.32 Å². The molecular formula is C10H15NO2. The maximum absolute atomic E-state index is 9.29. The Hall–Kier alpha value is -1.06. The van der Waals surface area contributed by atoms with Crippen molar-refractivity contribution >= 4 is 0 Å². The Bertz CT molecular complexity index is 282. The van der Waals surface area contributed by atoms with Gasteiger partial charge in [0.15, 0.2) is 0 Å². The van der Waals surface area contributed by atoms with Crippen LogP contribution < -0.4 is 5.32 Å². The Morgan fingerprint density at radius 3 is 2.62 bits per heavy atom. The second-order valence-corrected chi connectivity index (χ2v) is 3.07. The van der Waals surface area contributed by atoms with Crippen molar-refractivity contribution in [3.8, 4) is 5.75 Å². The highest BCUT2D eigenvalue weighted by Gasteiger charge is 2.08. The summed E-state index contributed by atoms with van der Waals surface area (Å²) in [6.45, 7) is 1.89. The minimum atomic E-state index is -0.0562. The number of hydrogen-bond donors (Lipinski definition) is 3. The van der Waals surface area contributed by atoms with Gasteiger partial charge in [-0.25, -0.2) is 0 Å². The number of likely N-dealkylation sites (N-methyl/N-ethyl adjacent to an activating group) is 1. The highest BCUT2D eigenvalue weighted by atomic mass is 16.3. The van der Waals surface area contributed by atoms with Gasteiger partial charge < -0.3 is 15.5 Å². The standard InChI is InChI=1S/C10H15NO2/c1-7-5-8(3-4-10(7)13)9(6-12)11-2/h3-5,9,11-13H,6H2,1-2H3/t9-/m1/s1. The molecule has 3 nitrogen and oxygen atoms in total. The number of aliphatic hydroxyl groups is 1. The van der Waals surface area contributed by atoms with Gasteiger partial charge in [-0.3, -0.25) is 0 Å². The first-order valence-corrected chi connectivity index (χ1v) is 4.26. The Morgan fingerprint density at radius 1 is 1.46 bits per heavy atom. The van der Waals surface area contributed by atoms with Crippen LogP contribution in [0.3, 0.4) is 0 Å². The third-order valence-corrected chi connectivity index (χ3v) is 2.15. The van der Waals surface area contributed by atoms with Crippen molar-refractivity contribution in [2.24, 2.45) is 0 Å². The predicted molar refractivity (Wildman–Crippen MR) is 51.7 cm³/mol. The molecular weight excluding hydrogens is 166 g/mol. The summed E-state index contributed by atoms with van der Waals surface area (Å²) in [7, 11) is 1.79. The fraction of sp³-hybridized carbons (Fsp3) is 0.400. The molecule has 3 heteroatoms. The number of phenols is 1. The molecule has 0 spiro atoms. The van der Waals surface area contributed by atoms with E-state index in [0.29, 0.717) is 0 Å². The smallest absolute Gasteiger partial charge is 0.118 e. The van der Waals surface area contributed by atoms with Gasteiger partial charge in [0.05, 0.1) is 12.6 Å². The van der Waals surface area contributed by atoms with Crippen molar-refractivity contribution in [2.75, 3.05) is 13.7 Å². The van der Waals surface area contributed by atoms with Crippen molar-refractivity contribution in [2.45, 2.75) is 13.0 Å². The molecule has 0 amide bonds. The topological polar surface area (TPSA) is 52.5 Å². The highest BCUT2D eigenvalue weighted by Crippen LogP contribution is 2.20. The minimum absolute atomic E-state index is 0.0562. The molecule has 0 aromatic heterocycles. The summed E-state index contributed by atoms with van der Waals surface area (Å²) in [6.07, 6.45) is 0. The van der Waals surface area contributed by atoms with Gasteiger partial charge in [0.1, 0.15) is 5.75 Å². The molecule has 0 fully saturated rings. The van der Waals surface area contributed by atoms with Gasteiger partial charge in [-0.15, -0.1) is 0 Å². The van der Waals surface area contributed by atoms with Crippen molar-refractivity contribution in [1.29, 1.82) is 0 Å². The Kier molecular flexibility index (Phi) is 3.28. The van der Waals surface area contributed by atoms with Crippen LogP contribution >= 0.6 is 0 Å². The van der Waals surface area contributed by atoms with Crippen molar-refractivity contribution in [3.63, 3.8) is 0 Å². The van der Waals surface area contributed by atoms with E-state index >= 15 is 0 Å².